The lowest BCUT2D eigenvalue weighted by Crippen LogP contribution is -2.13. The summed E-state index contributed by atoms with van der Waals surface area (Å²) in [4.78, 5) is 20.0. The summed E-state index contributed by atoms with van der Waals surface area (Å²) >= 11 is 20.4. The summed E-state index contributed by atoms with van der Waals surface area (Å²) in [5.74, 6) is 0.455. The van der Waals surface area contributed by atoms with E-state index in [1.807, 2.05) is 6.07 Å². The van der Waals surface area contributed by atoms with Crippen molar-refractivity contribution in [3.05, 3.63) is 44.8 Å². The molecule has 0 aliphatic rings. The monoisotopic (exact) mass is 442 g/mol. The minimum Gasteiger partial charge on any atom is -0.494 e. The molecule has 2 aromatic carbocycles. The third-order valence-corrected chi connectivity index (χ3v) is 6.18. The van der Waals surface area contributed by atoms with E-state index in [9.17, 15) is 9.79 Å². The molecule has 2 aromatic rings. The van der Waals surface area contributed by atoms with Crippen LogP contribution < -0.4 is 14.8 Å². The number of halogens is 3. The smallest absolute Gasteiger partial charge is 0.221 e. The maximum absolute atomic E-state index is 9.99. The summed E-state index contributed by atoms with van der Waals surface area (Å²) < 4.78 is 11.2. The zero-order valence-electron chi connectivity index (χ0n) is 11.1. The molecule has 0 saturated carbocycles. The number of benzene rings is 2. The first-order valence-corrected chi connectivity index (χ1v) is 10.1. The van der Waals surface area contributed by atoms with Crippen LogP contribution in [0, 0.1) is 0 Å². The molecule has 2 rings (SSSR count). The van der Waals surface area contributed by atoms with Gasteiger partial charge in [-0.3, -0.25) is 0 Å². The Morgan fingerprint density at radius 1 is 1.09 bits per heavy atom. The minimum atomic E-state index is -3.93. The number of hydrogen-bond donors (Lipinski definition) is 2. The first kappa shape index (κ1) is 18.0. The molecule has 0 saturated heterocycles. The van der Waals surface area contributed by atoms with Crippen LogP contribution in [0.15, 0.2) is 34.8 Å². The van der Waals surface area contributed by atoms with Crippen LogP contribution in [0.25, 0.3) is 0 Å². The minimum absolute atomic E-state index is 0.00525. The number of rotatable bonds is 4. The molecule has 22 heavy (non-hydrogen) atoms. The van der Waals surface area contributed by atoms with Crippen LogP contribution in [-0.4, -0.2) is 16.9 Å². The van der Waals surface area contributed by atoms with Gasteiger partial charge in [-0.15, -0.1) is 0 Å². The molecule has 2 N–H and O–H groups in total. The molecule has 118 valence electrons. The molecule has 0 aliphatic carbocycles. The van der Waals surface area contributed by atoms with Gasteiger partial charge in [-0.25, -0.2) is 0 Å². The number of para-hydroxylation sites is 1. The predicted molar refractivity (Wildman–Crippen MR) is 95.6 cm³/mol. The van der Waals surface area contributed by atoms with Gasteiger partial charge in [-0.1, -0.05) is 41.4 Å². The van der Waals surface area contributed by atoms with Crippen LogP contribution in [0.2, 0.25) is 10.0 Å². The fourth-order valence-electron chi connectivity index (χ4n) is 1.76. The van der Waals surface area contributed by atoms with Gasteiger partial charge in [0.15, 0.2) is 11.5 Å². The SMILES string of the molecule is COc1c(Cl)c(Br)c(Cl)c(Oc2ccccc2)c1P(O)(O)=S. The zero-order valence-corrected chi connectivity index (χ0v) is 15.9. The van der Waals surface area contributed by atoms with E-state index in [-0.39, 0.29) is 26.8 Å². The highest BCUT2D eigenvalue weighted by Crippen LogP contribution is 2.51. The molecule has 0 atom stereocenters. The lowest BCUT2D eigenvalue weighted by Gasteiger charge is -2.21. The van der Waals surface area contributed by atoms with E-state index in [4.69, 9.17) is 44.5 Å². The van der Waals surface area contributed by atoms with E-state index >= 15 is 0 Å². The van der Waals surface area contributed by atoms with E-state index in [1.165, 1.54) is 7.11 Å². The van der Waals surface area contributed by atoms with Crippen molar-refractivity contribution in [3.63, 3.8) is 0 Å². The van der Waals surface area contributed by atoms with Crippen LogP contribution in [0.3, 0.4) is 0 Å². The van der Waals surface area contributed by atoms with Gasteiger partial charge in [-0.05, 0) is 39.9 Å². The summed E-state index contributed by atoms with van der Waals surface area (Å²) in [7, 11) is 1.34. The summed E-state index contributed by atoms with van der Waals surface area (Å²) in [6.45, 7) is -3.93. The van der Waals surface area contributed by atoms with E-state index < -0.39 is 6.49 Å². The van der Waals surface area contributed by atoms with Crippen LogP contribution in [0.4, 0.5) is 0 Å². The molecule has 4 nitrogen and oxygen atoms in total. The number of methoxy groups -OCH3 is 1. The molecule has 0 aliphatic heterocycles. The second-order valence-electron chi connectivity index (χ2n) is 4.11. The average molecular weight is 444 g/mol. The highest BCUT2D eigenvalue weighted by Gasteiger charge is 2.31. The summed E-state index contributed by atoms with van der Waals surface area (Å²) in [6.07, 6.45) is 0. The van der Waals surface area contributed by atoms with Crippen molar-refractivity contribution < 1.29 is 19.3 Å². The van der Waals surface area contributed by atoms with Gasteiger partial charge in [0.2, 0.25) is 6.49 Å². The van der Waals surface area contributed by atoms with Gasteiger partial charge < -0.3 is 19.3 Å². The Balaban J connectivity index is 2.76. The van der Waals surface area contributed by atoms with E-state index in [1.54, 1.807) is 24.3 Å². The highest BCUT2D eigenvalue weighted by atomic mass is 79.9. The molecular formula is C13H10BrCl2O4PS. The molecule has 0 heterocycles. The number of ether oxygens (including phenoxy) is 2. The first-order valence-electron chi connectivity index (χ1n) is 5.80. The fraction of sp³-hybridized carbons (Fsp3) is 0.0769. The normalized spacial score (nSPS) is 11.4. The van der Waals surface area contributed by atoms with Gasteiger partial charge in [0.05, 0.1) is 16.6 Å². The molecular weight excluding hydrogens is 434 g/mol. The second kappa shape index (κ2) is 7.05. The Hall–Kier alpha value is -0.330. The molecule has 0 aromatic heterocycles. The molecule has 0 unspecified atom stereocenters. The van der Waals surface area contributed by atoms with Crippen LogP contribution in [0.5, 0.6) is 17.2 Å². The van der Waals surface area contributed by atoms with Crippen molar-refractivity contribution in [2.24, 2.45) is 0 Å². The van der Waals surface area contributed by atoms with Gasteiger partial charge in [0.25, 0.3) is 0 Å². The van der Waals surface area contributed by atoms with Crippen molar-refractivity contribution in [2.45, 2.75) is 0 Å². The summed E-state index contributed by atoms with van der Waals surface area (Å²) in [5.41, 5.74) is 0. The van der Waals surface area contributed by atoms with Crippen molar-refractivity contribution >= 4 is 62.7 Å². The van der Waals surface area contributed by atoms with Crippen molar-refractivity contribution in [1.82, 2.24) is 0 Å². The summed E-state index contributed by atoms with van der Waals surface area (Å²) in [6, 6.07) is 8.72. The molecule has 0 fully saturated rings. The van der Waals surface area contributed by atoms with Gasteiger partial charge >= 0.3 is 0 Å². The van der Waals surface area contributed by atoms with Crippen molar-refractivity contribution in [3.8, 4) is 17.2 Å². The second-order valence-corrected chi connectivity index (χ2v) is 8.72. The van der Waals surface area contributed by atoms with Gasteiger partial charge in [0, 0.05) is 0 Å². The first-order chi connectivity index (χ1) is 10.3. The Morgan fingerprint density at radius 2 is 1.64 bits per heavy atom. The Bertz CT molecular complexity index is 752. The van der Waals surface area contributed by atoms with Crippen LogP contribution >= 0.6 is 45.6 Å². The molecule has 9 heteroatoms. The molecule has 0 amide bonds. The molecule has 0 spiro atoms. The third-order valence-electron chi connectivity index (χ3n) is 2.67. The predicted octanol–water partition coefficient (Wildman–Crippen LogP) is 4.48. The van der Waals surface area contributed by atoms with Gasteiger partial charge in [0.1, 0.15) is 16.1 Å². The number of hydrogen-bond acceptors (Lipinski definition) is 3. The summed E-state index contributed by atoms with van der Waals surface area (Å²) in [5, 5.41) is 0.0225. The highest BCUT2D eigenvalue weighted by molar-refractivity contribution is 9.10. The van der Waals surface area contributed by atoms with Crippen molar-refractivity contribution in [1.29, 1.82) is 0 Å². The zero-order chi connectivity index (χ0) is 16.5. The quantitative estimate of drug-likeness (QED) is 0.539. The maximum Gasteiger partial charge on any atom is 0.221 e. The largest absolute Gasteiger partial charge is 0.494 e. The van der Waals surface area contributed by atoms with E-state index in [2.05, 4.69) is 15.9 Å². The van der Waals surface area contributed by atoms with Crippen LogP contribution in [-0.2, 0) is 11.8 Å². The van der Waals surface area contributed by atoms with E-state index in [0.717, 1.165) is 0 Å². The third kappa shape index (κ3) is 3.60. The molecule has 0 radical (unpaired) electrons. The fourth-order valence-corrected chi connectivity index (χ4v) is 4.18. The van der Waals surface area contributed by atoms with Crippen molar-refractivity contribution in [2.75, 3.05) is 7.11 Å². The maximum atomic E-state index is 9.99. The Labute approximate surface area is 150 Å². The standard InChI is InChI=1S/C13H10BrCl2O4PS/c1-19-11-9(15)8(14)10(16)12(13(11)21(17,18)22)20-7-5-3-2-4-6-7/h2-6H,1H3,(H2,17,18,22). The average Bonchev–Trinajstić information content (AvgIpc) is 2.47. The van der Waals surface area contributed by atoms with Crippen LogP contribution in [0.1, 0.15) is 0 Å². The van der Waals surface area contributed by atoms with E-state index in [0.29, 0.717) is 10.2 Å². The Morgan fingerprint density at radius 3 is 2.14 bits per heavy atom. The topological polar surface area (TPSA) is 58.9 Å². The molecule has 0 bridgehead atoms. The lowest BCUT2D eigenvalue weighted by atomic mass is 10.3. The lowest BCUT2D eigenvalue weighted by molar-refractivity contribution is 0.410. The van der Waals surface area contributed by atoms with Gasteiger partial charge in [-0.2, -0.15) is 0 Å². The Kier molecular flexibility index (Phi) is 5.78.